The molecule has 2 aromatic heterocycles. The van der Waals surface area contributed by atoms with Crippen molar-refractivity contribution < 1.29 is 0 Å². The van der Waals surface area contributed by atoms with Crippen LogP contribution in [0.3, 0.4) is 0 Å². The summed E-state index contributed by atoms with van der Waals surface area (Å²) in [5.41, 5.74) is 7.33. The highest BCUT2D eigenvalue weighted by molar-refractivity contribution is 5.50. The number of fused-ring (bicyclic) bond motifs is 1. The Bertz CT molecular complexity index is 560. The summed E-state index contributed by atoms with van der Waals surface area (Å²) < 4.78 is 1.81. The number of nitrogens with zero attached hydrogens (tertiary/aromatic N) is 4. The standard InChI is InChI=1S/C13H19N5/c1-9(2)17-6-3-4-11(17)13-15-12-8-10(14)5-7-18(12)16-13/h5,7-9,11H,3-4,6,14H2,1-2H3. The first kappa shape index (κ1) is 11.5. The van der Waals surface area contributed by atoms with Crippen LogP contribution in [0, 0.1) is 0 Å². The van der Waals surface area contributed by atoms with Gasteiger partial charge in [-0.3, -0.25) is 4.90 Å². The van der Waals surface area contributed by atoms with Crippen molar-refractivity contribution in [3.05, 3.63) is 24.2 Å². The Hall–Kier alpha value is -1.62. The number of hydrogen-bond donors (Lipinski definition) is 1. The van der Waals surface area contributed by atoms with E-state index in [0.29, 0.717) is 12.1 Å². The average Bonchev–Trinajstić information content (AvgIpc) is 2.93. The van der Waals surface area contributed by atoms with Gasteiger partial charge in [-0.1, -0.05) is 0 Å². The molecule has 3 rings (SSSR count). The van der Waals surface area contributed by atoms with Crippen LogP contribution in [-0.2, 0) is 0 Å². The van der Waals surface area contributed by atoms with E-state index in [1.807, 2.05) is 22.8 Å². The second kappa shape index (κ2) is 4.24. The molecule has 0 amide bonds. The van der Waals surface area contributed by atoms with Gasteiger partial charge in [0.25, 0.3) is 0 Å². The Morgan fingerprint density at radius 3 is 3.06 bits per heavy atom. The summed E-state index contributed by atoms with van der Waals surface area (Å²) in [7, 11) is 0. The monoisotopic (exact) mass is 245 g/mol. The van der Waals surface area contributed by atoms with Gasteiger partial charge in [-0.15, -0.1) is 5.10 Å². The number of nitrogens with two attached hydrogens (primary N) is 1. The fourth-order valence-electron chi connectivity index (χ4n) is 2.74. The Kier molecular flexibility index (Phi) is 2.70. The van der Waals surface area contributed by atoms with Crippen LogP contribution in [0.15, 0.2) is 18.3 Å². The van der Waals surface area contributed by atoms with Gasteiger partial charge in [0, 0.05) is 24.0 Å². The molecular weight excluding hydrogens is 226 g/mol. The third kappa shape index (κ3) is 1.84. The van der Waals surface area contributed by atoms with Crippen LogP contribution in [0.2, 0.25) is 0 Å². The summed E-state index contributed by atoms with van der Waals surface area (Å²) in [5, 5.41) is 4.58. The van der Waals surface area contributed by atoms with E-state index >= 15 is 0 Å². The fraction of sp³-hybridized carbons (Fsp3) is 0.538. The summed E-state index contributed by atoms with van der Waals surface area (Å²) in [6.45, 7) is 5.60. The number of hydrogen-bond acceptors (Lipinski definition) is 4. The number of likely N-dealkylation sites (tertiary alicyclic amines) is 1. The van der Waals surface area contributed by atoms with Crippen LogP contribution >= 0.6 is 0 Å². The van der Waals surface area contributed by atoms with Gasteiger partial charge in [0.05, 0.1) is 6.04 Å². The highest BCUT2D eigenvalue weighted by Gasteiger charge is 2.30. The van der Waals surface area contributed by atoms with Crippen molar-refractivity contribution >= 4 is 11.3 Å². The first-order valence-electron chi connectivity index (χ1n) is 6.52. The molecule has 5 heteroatoms. The van der Waals surface area contributed by atoms with E-state index in [4.69, 9.17) is 5.73 Å². The molecule has 3 heterocycles. The molecule has 2 aromatic rings. The quantitative estimate of drug-likeness (QED) is 0.877. The maximum Gasteiger partial charge on any atom is 0.168 e. The smallest absolute Gasteiger partial charge is 0.168 e. The van der Waals surface area contributed by atoms with E-state index in [1.165, 1.54) is 6.42 Å². The van der Waals surface area contributed by atoms with Crippen molar-refractivity contribution in [1.82, 2.24) is 19.5 Å². The third-order valence-electron chi connectivity index (χ3n) is 3.63. The zero-order chi connectivity index (χ0) is 12.7. The van der Waals surface area contributed by atoms with Gasteiger partial charge in [0.2, 0.25) is 0 Å². The van der Waals surface area contributed by atoms with Gasteiger partial charge in [-0.25, -0.2) is 9.50 Å². The highest BCUT2D eigenvalue weighted by Crippen LogP contribution is 2.31. The number of pyridine rings is 1. The zero-order valence-corrected chi connectivity index (χ0v) is 10.9. The second-order valence-corrected chi connectivity index (χ2v) is 5.22. The summed E-state index contributed by atoms with van der Waals surface area (Å²) in [5.74, 6) is 0.923. The Balaban J connectivity index is 1.98. The summed E-state index contributed by atoms with van der Waals surface area (Å²) in [6.07, 6.45) is 4.24. The fourth-order valence-corrected chi connectivity index (χ4v) is 2.74. The Morgan fingerprint density at radius 2 is 2.28 bits per heavy atom. The first-order chi connectivity index (χ1) is 8.65. The molecule has 1 aliphatic rings. The minimum Gasteiger partial charge on any atom is -0.399 e. The van der Waals surface area contributed by atoms with Crippen molar-refractivity contribution in [3.63, 3.8) is 0 Å². The molecule has 0 radical (unpaired) electrons. The molecule has 0 spiro atoms. The lowest BCUT2D eigenvalue weighted by molar-refractivity contribution is 0.199. The number of nitrogen functional groups attached to an aromatic ring is 1. The lowest BCUT2D eigenvalue weighted by Crippen LogP contribution is -2.30. The van der Waals surface area contributed by atoms with E-state index in [-0.39, 0.29) is 0 Å². The highest BCUT2D eigenvalue weighted by atomic mass is 15.3. The van der Waals surface area contributed by atoms with Crippen LogP contribution in [0.25, 0.3) is 5.65 Å². The van der Waals surface area contributed by atoms with Gasteiger partial charge in [0.15, 0.2) is 11.5 Å². The molecular formula is C13H19N5. The van der Waals surface area contributed by atoms with E-state index in [1.54, 1.807) is 0 Å². The Morgan fingerprint density at radius 1 is 1.44 bits per heavy atom. The van der Waals surface area contributed by atoms with Crippen molar-refractivity contribution in [2.75, 3.05) is 12.3 Å². The van der Waals surface area contributed by atoms with E-state index < -0.39 is 0 Å². The number of aromatic nitrogens is 3. The predicted molar refractivity (Wildman–Crippen MR) is 71.2 cm³/mol. The molecule has 1 aliphatic heterocycles. The molecule has 18 heavy (non-hydrogen) atoms. The largest absolute Gasteiger partial charge is 0.399 e. The van der Waals surface area contributed by atoms with Gasteiger partial charge in [-0.2, -0.15) is 0 Å². The molecule has 0 saturated carbocycles. The molecule has 1 fully saturated rings. The topological polar surface area (TPSA) is 59.5 Å². The molecule has 96 valence electrons. The van der Waals surface area contributed by atoms with Crippen molar-refractivity contribution in [2.24, 2.45) is 0 Å². The van der Waals surface area contributed by atoms with Crippen LogP contribution in [0.5, 0.6) is 0 Å². The van der Waals surface area contributed by atoms with Gasteiger partial charge in [0.1, 0.15) is 0 Å². The van der Waals surface area contributed by atoms with Crippen LogP contribution in [0.1, 0.15) is 38.6 Å². The van der Waals surface area contributed by atoms with Gasteiger partial charge in [-0.05, 0) is 39.3 Å². The number of anilines is 1. The maximum atomic E-state index is 5.77. The Labute approximate surface area is 107 Å². The summed E-state index contributed by atoms with van der Waals surface area (Å²) in [6, 6.07) is 4.60. The van der Waals surface area contributed by atoms with E-state index in [9.17, 15) is 0 Å². The third-order valence-corrected chi connectivity index (χ3v) is 3.63. The molecule has 2 N–H and O–H groups in total. The van der Waals surface area contributed by atoms with Crippen molar-refractivity contribution in [1.29, 1.82) is 0 Å². The van der Waals surface area contributed by atoms with Gasteiger partial charge >= 0.3 is 0 Å². The van der Waals surface area contributed by atoms with Crippen LogP contribution in [0.4, 0.5) is 5.69 Å². The first-order valence-corrected chi connectivity index (χ1v) is 6.52. The SMILES string of the molecule is CC(C)N1CCCC1c1nc2cc(N)ccn2n1. The summed E-state index contributed by atoms with van der Waals surface area (Å²) in [4.78, 5) is 7.09. The van der Waals surface area contributed by atoms with Crippen LogP contribution < -0.4 is 5.73 Å². The molecule has 1 atom stereocenters. The molecule has 5 nitrogen and oxygen atoms in total. The zero-order valence-electron chi connectivity index (χ0n) is 10.9. The molecule has 1 saturated heterocycles. The average molecular weight is 245 g/mol. The van der Waals surface area contributed by atoms with Crippen molar-refractivity contribution in [3.8, 4) is 0 Å². The molecule has 1 unspecified atom stereocenters. The van der Waals surface area contributed by atoms with E-state index in [2.05, 4.69) is 28.8 Å². The lowest BCUT2D eigenvalue weighted by atomic mass is 10.2. The maximum absolute atomic E-state index is 5.77. The second-order valence-electron chi connectivity index (χ2n) is 5.22. The summed E-state index contributed by atoms with van der Waals surface area (Å²) >= 11 is 0. The minimum absolute atomic E-state index is 0.353. The predicted octanol–water partition coefficient (Wildman–Crippen LogP) is 1.86. The van der Waals surface area contributed by atoms with Gasteiger partial charge < -0.3 is 5.73 Å². The lowest BCUT2D eigenvalue weighted by Gasteiger charge is -2.25. The minimum atomic E-state index is 0.353. The van der Waals surface area contributed by atoms with E-state index in [0.717, 1.165) is 30.1 Å². The number of rotatable bonds is 2. The van der Waals surface area contributed by atoms with Crippen LogP contribution in [-0.4, -0.2) is 32.1 Å². The van der Waals surface area contributed by atoms with Crippen molar-refractivity contribution in [2.45, 2.75) is 38.8 Å². The molecule has 0 aliphatic carbocycles. The molecule has 0 aromatic carbocycles. The molecule has 0 bridgehead atoms. The normalized spacial score (nSPS) is 21.2.